The second-order valence-electron chi connectivity index (χ2n) is 4.41. The van der Waals surface area contributed by atoms with E-state index in [2.05, 4.69) is 42.8 Å². The Kier molecular flexibility index (Phi) is 2.42. The van der Waals surface area contributed by atoms with Gasteiger partial charge >= 0.3 is 0 Å². The van der Waals surface area contributed by atoms with Gasteiger partial charge in [-0.3, -0.25) is 0 Å². The van der Waals surface area contributed by atoms with Crippen LogP contribution in [0.25, 0.3) is 5.78 Å². The summed E-state index contributed by atoms with van der Waals surface area (Å²) in [6.07, 6.45) is 3.88. The second-order valence-corrected chi connectivity index (χ2v) is 4.41. The van der Waals surface area contributed by atoms with E-state index in [9.17, 15) is 0 Å². The lowest BCUT2D eigenvalue weighted by Crippen LogP contribution is -1.96. The number of hydrogen-bond donors (Lipinski definition) is 0. The van der Waals surface area contributed by atoms with Gasteiger partial charge < -0.3 is 0 Å². The highest BCUT2D eigenvalue weighted by atomic mass is 15.3. The van der Waals surface area contributed by atoms with Crippen molar-refractivity contribution >= 4 is 5.78 Å². The summed E-state index contributed by atoms with van der Waals surface area (Å²) in [6.45, 7) is 8.45. The van der Waals surface area contributed by atoms with Crippen molar-refractivity contribution in [3.63, 3.8) is 0 Å². The molecule has 0 saturated carbocycles. The minimum Gasteiger partial charge on any atom is -0.219 e. The quantitative estimate of drug-likeness (QED) is 0.754. The Morgan fingerprint density at radius 3 is 2.47 bits per heavy atom. The standard InChI is InChI=1S/C11H16N4/c1-7(2)9-5-12-11-13-10(8(3)4)14-15(11)6-9/h5-8H,1-4H3. The lowest BCUT2D eigenvalue weighted by molar-refractivity contribution is 0.758. The van der Waals surface area contributed by atoms with Gasteiger partial charge in [-0.25, -0.2) is 9.50 Å². The summed E-state index contributed by atoms with van der Waals surface area (Å²) in [5.74, 6) is 2.34. The minimum atomic E-state index is 0.342. The Bertz CT molecular complexity index is 464. The Hall–Kier alpha value is -1.45. The molecular weight excluding hydrogens is 188 g/mol. The van der Waals surface area contributed by atoms with Gasteiger partial charge in [0.25, 0.3) is 5.78 Å². The Morgan fingerprint density at radius 2 is 1.87 bits per heavy atom. The van der Waals surface area contributed by atoms with Crippen molar-refractivity contribution in [3.05, 3.63) is 23.8 Å². The van der Waals surface area contributed by atoms with E-state index < -0.39 is 0 Å². The SMILES string of the molecule is CC(C)c1cnc2nc(C(C)C)nn2c1. The first-order valence-electron chi connectivity index (χ1n) is 5.30. The molecule has 0 aliphatic rings. The molecule has 2 aromatic rings. The number of nitrogens with zero attached hydrogens (tertiary/aromatic N) is 4. The van der Waals surface area contributed by atoms with E-state index in [0.29, 0.717) is 17.6 Å². The predicted molar refractivity (Wildman–Crippen MR) is 59.0 cm³/mol. The van der Waals surface area contributed by atoms with Gasteiger partial charge in [-0.15, -0.1) is 5.10 Å². The van der Waals surface area contributed by atoms with E-state index in [1.807, 2.05) is 12.4 Å². The third kappa shape index (κ3) is 1.84. The summed E-state index contributed by atoms with van der Waals surface area (Å²) in [6, 6.07) is 0. The molecule has 15 heavy (non-hydrogen) atoms. The molecule has 0 bridgehead atoms. The van der Waals surface area contributed by atoms with Crippen LogP contribution in [0.15, 0.2) is 12.4 Å². The first kappa shape index (κ1) is 10.1. The highest BCUT2D eigenvalue weighted by molar-refractivity contribution is 5.29. The smallest absolute Gasteiger partial charge is 0.219 e. The zero-order chi connectivity index (χ0) is 11.0. The summed E-state index contributed by atoms with van der Waals surface area (Å²) in [5, 5.41) is 4.40. The lowest BCUT2D eigenvalue weighted by Gasteiger charge is -2.02. The summed E-state index contributed by atoms with van der Waals surface area (Å²) in [7, 11) is 0. The topological polar surface area (TPSA) is 43.1 Å². The van der Waals surface area contributed by atoms with Crippen molar-refractivity contribution in [2.45, 2.75) is 39.5 Å². The van der Waals surface area contributed by atoms with Gasteiger partial charge in [-0.2, -0.15) is 4.98 Å². The molecule has 2 aromatic heterocycles. The lowest BCUT2D eigenvalue weighted by atomic mass is 10.1. The average Bonchev–Trinajstić information content (AvgIpc) is 2.59. The summed E-state index contributed by atoms with van der Waals surface area (Å²) >= 11 is 0. The van der Waals surface area contributed by atoms with Crippen LogP contribution in [-0.2, 0) is 0 Å². The molecule has 0 unspecified atom stereocenters. The van der Waals surface area contributed by atoms with Gasteiger partial charge in [0.1, 0.15) is 0 Å². The van der Waals surface area contributed by atoms with Crippen molar-refractivity contribution in [1.29, 1.82) is 0 Å². The van der Waals surface area contributed by atoms with Crippen LogP contribution in [0.3, 0.4) is 0 Å². The molecule has 0 radical (unpaired) electrons. The molecule has 0 aliphatic carbocycles. The molecular formula is C11H16N4. The third-order valence-corrected chi connectivity index (χ3v) is 2.41. The molecule has 0 aromatic carbocycles. The van der Waals surface area contributed by atoms with E-state index in [1.54, 1.807) is 4.52 Å². The monoisotopic (exact) mass is 204 g/mol. The van der Waals surface area contributed by atoms with Crippen LogP contribution in [0.5, 0.6) is 0 Å². The summed E-state index contributed by atoms with van der Waals surface area (Å²) < 4.78 is 1.77. The Labute approximate surface area is 89.4 Å². The van der Waals surface area contributed by atoms with Gasteiger partial charge in [-0.1, -0.05) is 27.7 Å². The van der Waals surface area contributed by atoms with Gasteiger partial charge in [-0.05, 0) is 11.5 Å². The van der Waals surface area contributed by atoms with Crippen LogP contribution in [0, 0.1) is 0 Å². The number of rotatable bonds is 2. The van der Waals surface area contributed by atoms with Gasteiger partial charge in [0.05, 0.1) is 0 Å². The van der Waals surface area contributed by atoms with Gasteiger partial charge in [0, 0.05) is 18.3 Å². The van der Waals surface area contributed by atoms with Crippen LogP contribution in [0.4, 0.5) is 0 Å². The summed E-state index contributed by atoms with van der Waals surface area (Å²) in [4.78, 5) is 8.65. The molecule has 0 amide bonds. The highest BCUT2D eigenvalue weighted by Gasteiger charge is 2.09. The highest BCUT2D eigenvalue weighted by Crippen LogP contribution is 2.14. The van der Waals surface area contributed by atoms with Crippen molar-refractivity contribution in [1.82, 2.24) is 19.6 Å². The maximum atomic E-state index is 4.40. The molecule has 0 aliphatic heterocycles. The molecule has 0 atom stereocenters. The Morgan fingerprint density at radius 1 is 1.13 bits per heavy atom. The fourth-order valence-corrected chi connectivity index (χ4v) is 1.36. The van der Waals surface area contributed by atoms with Crippen molar-refractivity contribution < 1.29 is 0 Å². The van der Waals surface area contributed by atoms with Gasteiger partial charge in [0.15, 0.2) is 5.82 Å². The Balaban J connectivity index is 2.52. The largest absolute Gasteiger partial charge is 0.252 e. The van der Waals surface area contributed by atoms with E-state index in [0.717, 1.165) is 5.82 Å². The second kappa shape index (κ2) is 3.61. The number of aromatic nitrogens is 4. The fourth-order valence-electron chi connectivity index (χ4n) is 1.36. The minimum absolute atomic E-state index is 0.342. The molecule has 4 nitrogen and oxygen atoms in total. The molecule has 2 rings (SSSR count). The molecule has 0 spiro atoms. The van der Waals surface area contributed by atoms with Gasteiger partial charge in [0.2, 0.25) is 0 Å². The molecule has 0 saturated heterocycles. The first-order valence-corrected chi connectivity index (χ1v) is 5.30. The van der Waals surface area contributed by atoms with E-state index in [1.165, 1.54) is 5.56 Å². The van der Waals surface area contributed by atoms with Crippen molar-refractivity contribution in [2.24, 2.45) is 0 Å². The zero-order valence-corrected chi connectivity index (χ0v) is 9.60. The molecule has 4 heteroatoms. The normalized spacial score (nSPS) is 11.9. The van der Waals surface area contributed by atoms with Crippen molar-refractivity contribution in [2.75, 3.05) is 0 Å². The van der Waals surface area contributed by atoms with Crippen LogP contribution in [0.1, 0.15) is 50.9 Å². The van der Waals surface area contributed by atoms with Crippen molar-refractivity contribution in [3.8, 4) is 0 Å². The number of hydrogen-bond acceptors (Lipinski definition) is 3. The maximum Gasteiger partial charge on any atom is 0.252 e. The summed E-state index contributed by atoms with van der Waals surface area (Å²) in [5.41, 5.74) is 1.18. The van der Waals surface area contributed by atoms with E-state index in [4.69, 9.17) is 0 Å². The third-order valence-electron chi connectivity index (χ3n) is 2.41. The molecule has 2 heterocycles. The van der Waals surface area contributed by atoms with Crippen LogP contribution in [-0.4, -0.2) is 19.6 Å². The maximum absolute atomic E-state index is 4.40. The first-order chi connectivity index (χ1) is 7.08. The van der Waals surface area contributed by atoms with E-state index in [-0.39, 0.29) is 0 Å². The van der Waals surface area contributed by atoms with Crippen LogP contribution in [0.2, 0.25) is 0 Å². The average molecular weight is 204 g/mol. The molecule has 0 N–H and O–H groups in total. The fraction of sp³-hybridized carbons (Fsp3) is 0.545. The molecule has 80 valence electrons. The predicted octanol–water partition coefficient (Wildman–Crippen LogP) is 2.37. The zero-order valence-electron chi connectivity index (χ0n) is 9.60. The van der Waals surface area contributed by atoms with Crippen LogP contribution < -0.4 is 0 Å². The number of fused-ring (bicyclic) bond motifs is 1. The van der Waals surface area contributed by atoms with Crippen LogP contribution >= 0.6 is 0 Å². The van der Waals surface area contributed by atoms with E-state index >= 15 is 0 Å². The molecule has 0 fully saturated rings.